The van der Waals surface area contributed by atoms with Crippen molar-refractivity contribution in [1.29, 1.82) is 0 Å². The van der Waals surface area contributed by atoms with Gasteiger partial charge in [0.1, 0.15) is 11.5 Å². The van der Waals surface area contributed by atoms with Crippen molar-refractivity contribution in [2.45, 2.75) is 33.2 Å². The van der Waals surface area contributed by atoms with E-state index in [1.165, 1.54) is 9.47 Å². The van der Waals surface area contributed by atoms with E-state index in [4.69, 9.17) is 17.3 Å². The Bertz CT molecular complexity index is 922. The van der Waals surface area contributed by atoms with E-state index in [0.717, 1.165) is 12.8 Å². The van der Waals surface area contributed by atoms with Crippen molar-refractivity contribution >= 4 is 34.7 Å². The van der Waals surface area contributed by atoms with Gasteiger partial charge in [-0.05, 0) is 25.5 Å². The quantitative estimate of drug-likeness (QED) is 0.635. The monoisotopic (exact) mass is 393 g/mol. The van der Waals surface area contributed by atoms with Crippen LogP contribution in [0.2, 0.25) is 5.02 Å². The van der Waals surface area contributed by atoms with Crippen LogP contribution in [0.15, 0.2) is 33.9 Å². The van der Waals surface area contributed by atoms with Gasteiger partial charge >= 0.3 is 5.69 Å². The van der Waals surface area contributed by atoms with Crippen molar-refractivity contribution in [3.05, 3.63) is 50.1 Å². The smallest absolute Gasteiger partial charge is 0.330 e. The molecule has 0 radical (unpaired) electrons. The molecular weight excluding hydrogens is 370 g/mol. The lowest BCUT2D eigenvalue weighted by Crippen LogP contribution is -2.41. The summed E-state index contributed by atoms with van der Waals surface area (Å²) in [7, 11) is 0. The summed E-state index contributed by atoms with van der Waals surface area (Å²) in [5.41, 5.74) is 5.54. The van der Waals surface area contributed by atoms with Gasteiger partial charge in [0.2, 0.25) is 5.91 Å². The first-order valence-corrected chi connectivity index (χ1v) is 9.18. The zero-order valence-corrected chi connectivity index (χ0v) is 16.2. The normalized spacial score (nSPS) is 10.6. The van der Waals surface area contributed by atoms with Gasteiger partial charge in [0, 0.05) is 13.1 Å². The molecule has 0 saturated heterocycles. The van der Waals surface area contributed by atoms with Crippen LogP contribution in [0.1, 0.15) is 26.7 Å². The Hall–Kier alpha value is -2.74. The molecule has 0 unspecified atom stereocenters. The highest BCUT2D eigenvalue weighted by molar-refractivity contribution is 6.33. The molecule has 8 nitrogen and oxygen atoms in total. The van der Waals surface area contributed by atoms with Crippen LogP contribution in [0.25, 0.3) is 0 Å². The molecule has 0 saturated carbocycles. The molecule has 2 rings (SSSR count). The van der Waals surface area contributed by atoms with Crippen LogP contribution in [-0.2, 0) is 11.3 Å². The van der Waals surface area contributed by atoms with Crippen LogP contribution in [0.4, 0.5) is 17.2 Å². The van der Waals surface area contributed by atoms with Gasteiger partial charge < -0.3 is 16.0 Å². The summed E-state index contributed by atoms with van der Waals surface area (Å²) >= 11 is 6.05. The number of aromatic nitrogens is 2. The average molecular weight is 394 g/mol. The Balaban J connectivity index is 2.29. The van der Waals surface area contributed by atoms with E-state index in [9.17, 15) is 14.4 Å². The van der Waals surface area contributed by atoms with E-state index in [0.29, 0.717) is 23.8 Å². The lowest BCUT2D eigenvalue weighted by Gasteiger charge is -2.24. The minimum atomic E-state index is -0.613. The van der Waals surface area contributed by atoms with Crippen LogP contribution in [0.5, 0.6) is 0 Å². The number of nitrogen functional groups attached to an aromatic ring is 1. The number of carbonyl (C=O) groups is 1. The standard InChI is InChI=1S/C18H24ClN5O3/c1-3-5-10-24-16(20)15(17(26)22-18(24)27)23(4-2)11-14(25)21-13-9-7-6-8-12(13)19/h6-9H,3-5,10-11,20H2,1-2H3,(H,21,25)(H,22,26,27). The molecule has 9 heteroatoms. The highest BCUT2D eigenvalue weighted by Crippen LogP contribution is 2.21. The Labute approximate surface area is 161 Å². The summed E-state index contributed by atoms with van der Waals surface area (Å²) in [6, 6.07) is 6.87. The first-order chi connectivity index (χ1) is 12.9. The van der Waals surface area contributed by atoms with Crippen molar-refractivity contribution in [1.82, 2.24) is 9.55 Å². The number of likely N-dealkylation sites (N-methyl/N-ethyl adjacent to an activating group) is 1. The second kappa shape index (κ2) is 9.27. The van der Waals surface area contributed by atoms with Gasteiger partial charge in [-0.1, -0.05) is 37.1 Å². The highest BCUT2D eigenvalue weighted by Gasteiger charge is 2.20. The molecule has 0 aliphatic rings. The lowest BCUT2D eigenvalue weighted by molar-refractivity contribution is -0.115. The van der Waals surface area contributed by atoms with Gasteiger partial charge in [-0.2, -0.15) is 0 Å². The summed E-state index contributed by atoms with van der Waals surface area (Å²) in [5, 5.41) is 3.13. The maximum Gasteiger partial charge on any atom is 0.330 e. The number of rotatable bonds is 8. The van der Waals surface area contributed by atoms with E-state index in [1.807, 2.05) is 6.92 Å². The van der Waals surface area contributed by atoms with E-state index >= 15 is 0 Å². The fourth-order valence-corrected chi connectivity index (χ4v) is 2.88. The van der Waals surface area contributed by atoms with E-state index < -0.39 is 11.2 Å². The number of nitrogens with zero attached hydrogens (tertiary/aromatic N) is 2. The molecular formula is C18H24ClN5O3. The second-order valence-electron chi connectivity index (χ2n) is 6.04. The molecule has 1 amide bonds. The number of anilines is 3. The number of nitrogens with one attached hydrogen (secondary N) is 2. The van der Waals surface area contributed by atoms with Crippen LogP contribution in [0.3, 0.4) is 0 Å². The summed E-state index contributed by atoms with van der Waals surface area (Å²) in [6.07, 6.45) is 1.62. The SMILES string of the molecule is CCCCn1c(N)c(N(CC)CC(=O)Nc2ccccc2Cl)c(=O)[nH]c1=O. The molecule has 0 aliphatic carbocycles. The number of carbonyl (C=O) groups excluding carboxylic acids is 1. The Kier molecular flexibility index (Phi) is 7.06. The molecule has 2 aromatic rings. The number of hydrogen-bond donors (Lipinski definition) is 3. The molecule has 0 atom stereocenters. The molecule has 0 spiro atoms. The minimum Gasteiger partial charge on any atom is -0.383 e. The number of unbranched alkanes of at least 4 members (excludes halogenated alkanes) is 1. The average Bonchev–Trinajstić information content (AvgIpc) is 2.62. The third-order valence-corrected chi connectivity index (χ3v) is 4.46. The topological polar surface area (TPSA) is 113 Å². The van der Waals surface area contributed by atoms with E-state index in [2.05, 4.69) is 10.3 Å². The Morgan fingerprint density at radius 2 is 2.00 bits per heavy atom. The number of para-hydroxylation sites is 1. The number of halogens is 1. The van der Waals surface area contributed by atoms with E-state index in [1.54, 1.807) is 31.2 Å². The number of aromatic amines is 1. The van der Waals surface area contributed by atoms with Crippen molar-refractivity contribution in [3.63, 3.8) is 0 Å². The lowest BCUT2D eigenvalue weighted by atomic mass is 10.3. The molecule has 146 valence electrons. The summed E-state index contributed by atoms with van der Waals surface area (Å²) in [6.45, 7) is 4.43. The van der Waals surface area contributed by atoms with Gasteiger partial charge in [0.25, 0.3) is 5.56 Å². The zero-order valence-electron chi connectivity index (χ0n) is 15.4. The van der Waals surface area contributed by atoms with Gasteiger partial charge in [-0.3, -0.25) is 19.1 Å². The van der Waals surface area contributed by atoms with Gasteiger partial charge in [-0.25, -0.2) is 4.79 Å². The maximum atomic E-state index is 12.4. The maximum absolute atomic E-state index is 12.4. The molecule has 1 aromatic carbocycles. The van der Waals surface area contributed by atoms with Crippen LogP contribution < -0.4 is 27.2 Å². The van der Waals surface area contributed by atoms with Crippen molar-refractivity contribution in [2.24, 2.45) is 0 Å². The van der Waals surface area contributed by atoms with Crippen LogP contribution >= 0.6 is 11.6 Å². The predicted molar refractivity (Wildman–Crippen MR) is 109 cm³/mol. The fraction of sp³-hybridized carbons (Fsp3) is 0.389. The molecule has 0 bridgehead atoms. The van der Waals surface area contributed by atoms with Crippen LogP contribution in [-0.4, -0.2) is 28.5 Å². The van der Waals surface area contributed by atoms with Gasteiger partial charge in [-0.15, -0.1) is 0 Å². The van der Waals surface area contributed by atoms with Crippen molar-refractivity contribution in [3.8, 4) is 0 Å². The highest BCUT2D eigenvalue weighted by atomic mass is 35.5. The third-order valence-electron chi connectivity index (χ3n) is 4.13. The Morgan fingerprint density at radius 3 is 2.63 bits per heavy atom. The minimum absolute atomic E-state index is 0.0598. The zero-order chi connectivity index (χ0) is 20.0. The number of amides is 1. The molecule has 0 fully saturated rings. The largest absolute Gasteiger partial charge is 0.383 e. The fourth-order valence-electron chi connectivity index (χ4n) is 2.70. The Morgan fingerprint density at radius 1 is 1.30 bits per heavy atom. The van der Waals surface area contributed by atoms with Gasteiger partial charge in [0.05, 0.1) is 17.3 Å². The van der Waals surface area contributed by atoms with E-state index in [-0.39, 0.29) is 24.0 Å². The molecule has 0 aliphatic heterocycles. The van der Waals surface area contributed by atoms with Crippen molar-refractivity contribution in [2.75, 3.05) is 29.0 Å². The van der Waals surface area contributed by atoms with Crippen molar-refractivity contribution < 1.29 is 4.79 Å². The third kappa shape index (κ3) is 4.91. The number of hydrogen-bond acceptors (Lipinski definition) is 5. The summed E-state index contributed by atoms with van der Waals surface area (Å²) in [4.78, 5) is 40.6. The summed E-state index contributed by atoms with van der Waals surface area (Å²) < 4.78 is 1.33. The summed E-state index contributed by atoms with van der Waals surface area (Å²) in [5.74, 6) is -0.292. The molecule has 27 heavy (non-hydrogen) atoms. The second-order valence-corrected chi connectivity index (χ2v) is 6.45. The number of H-pyrrole nitrogens is 1. The number of nitrogens with two attached hydrogens (primary N) is 1. The first-order valence-electron chi connectivity index (χ1n) is 8.80. The first kappa shape index (κ1) is 20.6. The molecule has 1 aromatic heterocycles. The van der Waals surface area contributed by atoms with Gasteiger partial charge in [0.15, 0.2) is 0 Å². The van der Waals surface area contributed by atoms with Crippen LogP contribution in [0, 0.1) is 0 Å². The predicted octanol–water partition coefficient (Wildman–Crippen LogP) is 2.04. The molecule has 4 N–H and O–H groups in total. The molecule has 1 heterocycles. The number of benzene rings is 1.